The number of aromatic hydroxyl groups is 1. The van der Waals surface area contributed by atoms with Gasteiger partial charge in [-0.2, -0.15) is 4.31 Å². The van der Waals surface area contributed by atoms with Crippen LogP contribution in [0.1, 0.15) is 33.3 Å². The average molecular weight is 421 g/mol. The van der Waals surface area contributed by atoms with E-state index in [9.17, 15) is 13.5 Å². The van der Waals surface area contributed by atoms with Crippen molar-refractivity contribution in [2.75, 3.05) is 20.2 Å². The van der Waals surface area contributed by atoms with Crippen molar-refractivity contribution >= 4 is 21.9 Å². The van der Waals surface area contributed by atoms with Crippen LogP contribution >= 0.6 is 0 Å². The summed E-state index contributed by atoms with van der Waals surface area (Å²) in [5.74, 6) is 0.736. The van der Waals surface area contributed by atoms with Gasteiger partial charge in [0.2, 0.25) is 10.0 Å². The molecule has 7 nitrogen and oxygen atoms in total. The van der Waals surface area contributed by atoms with Crippen LogP contribution in [0.5, 0.6) is 17.2 Å². The van der Waals surface area contributed by atoms with Crippen molar-refractivity contribution in [1.29, 1.82) is 0 Å². The Labute approximate surface area is 172 Å². The molecule has 2 aromatic carbocycles. The van der Waals surface area contributed by atoms with Gasteiger partial charge in [-0.25, -0.2) is 8.42 Å². The number of methoxy groups -OCH3 is 1. The Morgan fingerprint density at radius 1 is 1.14 bits per heavy atom. The lowest BCUT2D eigenvalue weighted by atomic mass is 10.2. The van der Waals surface area contributed by atoms with Gasteiger partial charge < -0.3 is 14.6 Å². The van der Waals surface area contributed by atoms with Crippen molar-refractivity contribution in [2.24, 2.45) is 4.99 Å². The summed E-state index contributed by atoms with van der Waals surface area (Å²) in [5.41, 5.74) is 0.797. The molecule has 0 saturated carbocycles. The van der Waals surface area contributed by atoms with E-state index in [0.29, 0.717) is 35.8 Å². The summed E-state index contributed by atoms with van der Waals surface area (Å²) in [6, 6.07) is 9.66. The number of phenolic OH excluding ortho intramolecular Hbond substituents is 1. The minimum Gasteiger partial charge on any atom is -0.504 e. The number of phenols is 1. The standard InChI is InChI=1S/C21H28N2O5S/c1-6-23(7-2)29(25,26)17-11-12-19(28-15(3)4)18(13-17)22-14-16-9-8-10-20(27-5)21(16)24/h8-15,24H,6-7H2,1-5H3. The fourth-order valence-corrected chi connectivity index (χ4v) is 4.25. The Morgan fingerprint density at radius 2 is 1.83 bits per heavy atom. The Balaban J connectivity index is 2.53. The molecule has 29 heavy (non-hydrogen) atoms. The third-order valence-electron chi connectivity index (χ3n) is 4.23. The molecule has 0 amide bonds. The van der Waals surface area contributed by atoms with Gasteiger partial charge in [-0.3, -0.25) is 4.99 Å². The molecule has 158 valence electrons. The lowest BCUT2D eigenvalue weighted by Gasteiger charge is -2.19. The summed E-state index contributed by atoms with van der Waals surface area (Å²) in [6.45, 7) is 8.09. The summed E-state index contributed by atoms with van der Waals surface area (Å²) in [6.07, 6.45) is 1.34. The summed E-state index contributed by atoms with van der Waals surface area (Å²) in [4.78, 5) is 4.54. The second-order valence-electron chi connectivity index (χ2n) is 6.54. The molecule has 0 fully saturated rings. The van der Waals surface area contributed by atoms with Gasteiger partial charge in [0.1, 0.15) is 11.4 Å². The van der Waals surface area contributed by atoms with E-state index in [1.54, 1.807) is 38.1 Å². The molecular weight excluding hydrogens is 392 g/mol. The highest BCUT2D eigenvalue weighted by atomic mass is 32.2. The normalized spacial score (nSPS) is 12.1. The second-order valence-corrected chi connectivity index (χ2v) is 8.48. The molecular formula is C21H28N2O5S. The maximum absolute atomic E-state index is 12.9. The summed E-state index contributed by atoms with van der Waals surface area (Å²) in [5, 5.41) is 10.3. The number of para-hydroxylation sites is 1. The first-order valence-corrected chi connectivity index (χ1v) is 10.9. The van der Waals surface area contributed by atoms with Crippen LogP contribution in [0.2, 0.25) is 0 Å². The number of hydrogen-bond donors (Lipinski definition) is 1. The number of hydrogen-bond acceptors (Lipinski definition) is 6. The number of aliphatic imine (C=N–C) groups is 1. The van der Waals surface area contributed by atoms with Crippen molar-refractivity contribution in [3.63, 3.8) is 0 Å². The summed E-state index contributed by atoms with van der Waals surface area (Å²) in [7, 11) is -2.17. The first kappa shape index (κ1) is 22.7. The first-order chi connectivity index (χ1) is 13.7. The van der Waals surface area contributed by atoms with Crippen LogP contribution in [0, 0.1) is 0 Å². The fourth-order valence-electron chi connectivity index (χ4n) is 2.77. The van der Waals surface area contributed by atoms with E-state index in [-0.39, 0.29) is 16.7 Å². The van der Waals surface area contributed by atoms with E-state index in [4.69, 9.17) is 9.47 Å². The zero-order chi connectivity index (χ0) is 21.6. The maximum atomic E-state index is 12.9. The number of benzene rings is 2. The molecule has 1 N–H and O–H groups in total. The van der Waals surface area contributed by atoms with Crippen LogP contribution in [0.4, 0.5) is 5.69 Å². The molecule has 0 bridgehead atoms. The molecule has 0 unspecified atom stereocenters. The predicted octanol–water partition coefficient (Wildman–Crippen LogP) is 3.97. The minimum atomic E-state index is -3.64. The average Bonchev–Trinajstić information content (AvgIpc) is 2.68. The van der Waals surface area contributed by atoms with Gasteiger partial charge in [-0.15, -0.1) is 0 Å². The lowest BCUT2D eigenvalue weighted by molar-refractivity contribution is 0.243. The monoisotopic (exact) mass is 420 g/mol. The van der Waals surface area contributed by atoms with Crippen molar-refractivity contribution < 1.29 is 23.0 Å². The predicted molar refractivity (Wildman–Crippen MR) is 114 cm³/mol. The van der Waals surface area contributed by atoms with Gasteiger partial charge in [0, 0.05) is 24.9 Å². The highest BCUT2D eigenvalue weighted by molar-refractivity contribution is 7.89. The maximum Gasteiger partial charge on any atom is 0.243 e. The van der Waals surface area contributed by atoms with Crippen molar-refractivity contribution in [3.8, 4) is 17.2 Å². The summed E-state index contributed by atoms with van der Waals surface area (Å²) >= 11 is 0. The Kier molecular flexibility index (Phi) is 7.64. The van der Waals surface area contributed by atoms with E-state index in [1.165, 1.54) is 29.8 Å². The Hall–Kier alpha value is -2.58. The Morgan fingerprint density at radius 3 is 2.41 bits per heavy atom. The highest BCUT2D eigenvalue weighted by Gasteiger charge is 2.23. The molecule has 0 aliphatic rings. The third kappa shape index (κ3) is 5.27. The topological polar surface area (TPSA) is 88.4 Å². The molecule has 0 aliphatic heterocycles. The molecule has 0 saturated heterocycles. The molecule has 0 aromatic heterocycles. The largest absolute Gasteiger partial charge is 0.504 e. The molecule has 2 rings (SSSR count). The van der Waals surface area contributed by atoms with Gasteiger partial charge in [0.25, 0.3) is 0 Å². The first-order valence-electron chi connectivity index (χ1n) is 9.45. The van der Waals surface area contributed by atoms with E-state index in [0.717, 1.165) is 0 Å². The van der Waals surface area contributed by atoms with Gasteiger partial charge >= 0.3 is 0 Å². The number of sulfonamides is 1. The Bertz CT molecular complexity index is 967. The third-order valence-corrected chi connectivity index (χ3v) is 6.27. The van der Waals surface area contributed by atoms with Gasteiger partial charge in [-0.1, -0.05) is 19.9 Å². The van der Waals surface area contributed by atoms with Gasteiger partial charge in [0.15, 0.2) is 11.5 Å². The molecule has 0 spiro atoms. The molecule has 2 aromatic rings. The van der Waals surface area contributed by atoms with E-state index in [2.05, 4.69) is 4.99 Å². The van der Waals surface area contributed by atoms with Crippen LogP contribution in [-0.4, -0.2) is 50.3 Å². The van der Waals surface area contributed by atoms with Crippen LogP contribution in [0.25, 0.3) is 0 Å². The zero-order valence-electron chi connectivity index (χ0n) is 17.4. The molecule has 0 atom stereocenters. The number of ether oxygens (including phenoxy) is 2. The van der Waals surface area contributed by atoms with Crippen LogP contribution in [-0.2, 0) is 10.0 Å². The van der Waals surface area contributed by atoms with Crippen molar-refractivity contribution in [3.05, 3.63) is 42.0 Å². The SMILES string of the molecule is CCN(CC)S(=O)(=O)c1ccc(OC(C)C)c(N=Cc2cccc(OC)c2O)c1. The van der Waals surface area contributed by atoms with Gasteiger partial charge in [0.05, 0.1) is 18.1 Å². The van der Waals surface area contributed by atoms with Crippen molar-refractivity contribution in [2.45, 2.75) is 38.7 Å². The van der Waals surface area contributed by atoms with Crippen LogP contribution < -0.4 is 9.47 Å². The lowest BCUT2D eigenvalue weighted by Crippen LogP contribution is -2.30. The number of nitrogens with zero attached hydrogens (tertiary/aromatic N) is 2. The molecule has 0 radical (unpaired) electrons. The van der Waals surface area contributed by atoms with E-state index in [1.807, 2.05) is 13.8 Å². The minimum absolute atomic E-state index is 0.0444. The highest BCUT2D eigenvalue weighted by Crippen LogP contribution is 2.33. The smallest absolute Gasteiger partial charge is 0.243 e. The van der Waals surface area contributed by atoms with E-state index >= 15 is 0 Å². The van der Waals surface area contributed by atoms with Crippen LogP contribution in [0.3, 0.4) is 0 Å². The fraction of sp³-hybridized carbons (Fsp3) is 0.381. The van der Waals surface area contributed by atoms with Crippen LogP contribution in [0.15, 0.2) is 46.3 Å². The molecule has 0 heterocycles. The quantitative estimate of drug-likeness (QED) is 0.620. The van der Waals surface area contributed by atoms with Gasteiger partial charge in [-0.05, 0) is 44.2 Å². The zero-order valence-corrected chi connectivity index (χ0v) is 18.2. The van der Waals surface area contributed by atoms with Crippen molar-refractivity contribution in [1.82, 2.24) is 4.31 Å². The number of rotatable bonds is 9. The molecule has 8 heteroatoms. The van der Waals surface area contributed by atoms with E-state index < -0.39 is 10.0 Å². The summed E-state index contributed by atoms with van der Waals surface area (Å²) < 4.78 is 38.0. The second kappa shape index (κ2) is 9.76. The molecule has 0 aliphatic carbocycles.